The lowest BCUT2D eigenvalue weighted by molar-refractivity contribution is 0.304. The molecule has 2 aromatic rings. The second kappa shape index (κ2) is 6.52. The Labute approximate surface area is 125 Å². The van der Waals surface area contributed by atoms with Crippen LogP contribution in [0.5, 0.6) is 5.75 Å². The largest absolute Gasteiger partial charge is 0.489 e. The van der Waals surface area contributed by atoms with E-state index in [1.807, 2.05) is 24.3 Å². The van der Waals surface area contributed by atoms with Crippen LogP contribution in [0.2, 0.25) is 0 Å². The summed E-state index contributed by atoms with van der Waals surface area (Å²) in [4.78, 5) is 0. The molecule has 0 aromatic heterocycles. The van der Waals surface area contributed by atoms with E-state index in [4.69, 9.17) is 15.9 Å². The molecule has 0 saturated heterocycles. The van der Waals surface area contributed by atoms with Gasteiger partial charge in [-0.25, -0.2) is 4.39 Å². The van der Waals surface area contributed by atoms with Gasteiger partial charge in [-0.1, -0.05) is 24.3 Å². The summed E-state index contributed by atoms with van der Waals surface area (Å²) >= 11 is 3.20. The lowest BCUT2D eigenvalue weighted by Crippen LogP contribution is -2.12. The maximum absolute atomic E-state index is 13.3. The standard InChI is InChI=1S/C15H14BrFN2O/c16-15-11(2-1-3-13(15)17)9-20-12-6-4-10(5-7-12)8-14(18)19/h1-7H,8-9H2,(H3,18,19). The summed E-state index contributed by atoms with van der Waals surface area (Å²) in [6.07, 6.45) is 0.426. The molecule has 104 valence electrons. The highest BCUT2D eigenvalue weighted by molar-refractivity contribution is 9.10. The molecule has 0 bridgehead atoms. The number of amidine groups is 1. The fourth-order valence-electron chi connectivity index (χ4n) is 1.74. The molecule has 0 atom stereocenters. The molecule has 0 radical (unpaired) electrons. The van der Waals surface area contributed by atoms with Crippen LogP contribution in [-0.2, 0) is 13.0 Å². The number of benzene rings is 2. The number of rotatable bonds is 5. The van der Waals surface area contributed by atoms with E-state index in [0.29, 0.717) is 16.6 Å². The molecule has 0 spiro atoms. The molecule has 0 fully saturated rings. The quantitative estimate of drug-likeness (QED) is 0.646. The van der Waals surface area contributed by atoms with E-state index in [9.17, 15) is 4.39 Å². The maximum Gasteiger partial charge on any atom is 0.137 e. The van der Waals surface area contributed by atoms with Crippen LogP contribution in [0, 0.1) is 11.2 Å². The van der Waals surface area contributed by atoms with Crippen LogP contribution in [0.1, 0.15) is 11.1 Å². The third-order valence-electron chi connectivity index (χ3n) is 2.74. The van der Waals surface area contributed by atoms with Crippen LogP contribution in [0.3, 0.4) is 0 Å². The van der Waals surface area contributed by atoms with Crippen LogP contribution >= 0.6 is 15.9 Å². The molecule has 3 N–H and O–H groups in total. The number of halogens is 2. The molecular formula is C15H14BrFN2O. The predicted molar refractivity (Wildman–Crippen MR) is 80.5 cm³/mol. The molecule has 0 saturated carbocycles. The van der Waals surface area contributed by atoms with Gasteiger partial charge in [-0.3, -0.25) is 5.41 Å². The fourth-order valence-corrected chi connectivity index (χ4v) is 2.12. The highest BCUT2D eigenvalue weighted by Gasteiger charge is 2.05. The minimum Gasteiger partial charge on any atom is -0.489 e. The first kappa shape index (κ1) is 14.5. The van der Waals surface area contributed by atoms with Crippen molar-refractivity contribution in [3.63, 3.8) is 0 Å². The van der Waals surface area contributed by atoms with Crippen molar-refractivity contribution in [3.8, 4) is 5.75 Å². The van der Waals surface area contributed by atoms with Gasteiger partial charge in [0.05, 0.1) is 10.3 Å². The van der Waals surface area contributed by atoms with Crippen LogP contribution in [-0.4, -0.2) is 5.84 Å². The second-order valence-electron chi connectivity index (χ2n) is 4.35. The summed E-state index contributed by atoms with van der Waals surface area (Å²) in [6, 6.07) is 12.2. The van der Waals surface area contributed by atoms with Crippen LogP contribution in [0.25, 0.3) is 0 Å². The Morgan fingerprint density at radius 3 is 2.55 bits per heavy atom. The van der Waals surface area contributed by atoms with E-state index in [1.54, 1.807) is 12.1 Å². The van der Waals surface area contributed by atoms with Crippen molar-refractivity contribution in [3.05, 3.63) is 63.9 Å². The molecule has 5 heteroatoms. The third kappa shape index (κ3) is 3.81. The highest BCUT2D eigenvalue weighted by Crippen LogP contribution is 2.22. The average molecular weight is 337 g/mol. The second-order valence-corrected chi connectivity index (χ2v) is 5.14. The first-order valence-electron chi connectivity index (χ1n) is 6.04. The van der Waals surface area contributed by atoms with Gasteiger partial charge in [0.25, 0.3) is 0 Å². The lowest BCUT2D eigenvalue weighted by Gasteiger charge is -2.09. The van der Waals surface area contributed by atoms with Crippen LogP contribution < -0.4 is 10.5 Å². The van der Waals surface area contributed by atoms with Gasteiger partial charge in [-0.15, -0.1) is 0 Å². The Bertz CT molecular complexity index is 614. The molecular weight excluding hydrogens is 323 g/mol. The van der Waals surface area contributed by atoms with Crippen molar-refractivity contribution >= 4 is 21.8 Å². The Morgan fingerprint density at radius 2 is 1.90 bits per heavy atom. The van der Waals surface area contributed by atoms with Crippen molar-refractivity contribution in [1.29, 1.82) is 5.41 Å². The summed E-state index contributed by atoms with van der Waals surface area (Å²) in [7, 11) is 0. The summed E-state index contributed by atoms with van der Waals surface area (Å²) in [6.45, 7) is 0.282. The molecule has 0 amide bonds. The Kier molecular flexibility index (Phi) is 4.74. The van der Waals surface area contributed by atoms with E-state index in [0.717, 1.165) is 11.1 Å². The van der Waals surface area contributed by atoms with Crippen molar-refractivity contribution in [1.82, 2.24) is 0 Å². The molecule has 0 aliphatic carbocycles. The number of hydrogen-bond acceptors (Lipinski definition) is 2. The Morgan fingerprint density at radius 1 is 1.20 bits per heavy atom. The van der Waals surface area contributed by atoms with Gasteiger partial charge >= 0.3 is 0 Å². The summed E-state index contributed by atoms with van der Waals surface area (Å²) in [5.74, 6) is 0.513. The molecule has 0 unspecified atom stereocenters. The van der Waals surface area contributed by atoms with E-state index in [2.05, 4.69) is 15.9 Å². The number of hydrogen-bond donors (Lipinski definition) is 2. The van der Waals surface area contributed by atoms with Crippen molar-refractivity contribution in [2.75, 3.05) is 0 Å². The monoisotopic (exact) mass is 336 g/mol. The van der Waals surface area contributed by atoms with E-state index in [1.165, 1.54) is 6.07 Å². The van der Waals surface area contributed by atoms with Gasteiger partial charge in [0.15, 0.2) is 0 Å². The van der Waals surface area contributed by atoms with Crippen molar-refractivity contribution in [2.24, 2.45) is 5.73 Å². The smallest absolute Gasteiger partial charge is 0.137 e. The van der Waals surface area contributed by atoms with Gasteiger partial charge < -0.3 is 10.5 Å². The SMILES string of the molecule is N=C(N)Cc1ccc(OCc2cccc(F)c2Br)cc1. The van der Waals surface area contributed by atoms with Gasteiger partial charge in [-0.05, 0) is 39.7 Å². The molecule has 0 aliphatic heterocycles. The highest BCUT2D eigenvalue weighted by atomic mass is 79.9. The first-order valence-corrected chi connectivity index (χ1v) is 6.83. The minimum atomic E-state index is -0.303. The topological polar surface area (TPSA) is 59.1 Å². The molecule has 3 nitrogen and oxygen atoms in total. The van der Waals surface area contributed by atoms with E-state index >= 15 is 0 Å². The van der Waals surface area contributed by atoms with E-state index in [-0.39, 0.29) is 18.3 Å². The summed E-state index contributed by atoms with van der Waals surface area (Å²) in [5.41, 5.74) is 7.04. The normalized spacial score (nSPS) is 10.3. The number of nitrogens with two attached hydrogens (primary N) is 1. The fraction of sp³-hybridized carbons (Fsp3) is 0.133. The van der Waals surface area contributed by atoms with Gasteiger partial charge in [0.1, 0.15) is 18.2 Å². The minimum absolute atomic E-state index is 0.127. The average Bonchev–Trinajstić information content (AvgIpc) is 2.41. The zero-order chi connectivity index (χ0) is 14.5. The van der Waals surface area contributed by atoms with Gasteiger partial charge in [-0.2, -0.15) is 0 Å². The zero-order valence-electron chi connectivity index (χ0n) is 10.7. The summed E-state index contributed by atoms with van der Waals surface area (Å²) < 4.78 is 19.4. The molecule has 2 rings (SSSR count). The molecule has 0 aliphatic rings. The zero-order valence-corrected chi connectivity index (χ0v) is 12.3. The van der Waals surface area contributed by atoms with Crippen LogP contribution in [0.15, 0.2) is 46.9 Å². The number of nitrogens with one attached hydrogen (secondary N) is 1. The lowest BCUT2D eigenvalue weighted by atomic mass is 10.1. The first-order chi connectivity index (χ1) is 9.56. The summed E-state index contributed by atoms with van der Waals surface area (Å²) in [5, 5.41) is 7.23. The predicted octanol–water partition coefficient (Wildman–Crippen LogP) is 3.65. The third-order valence-corrected chi connectivity index (χ3v) is 3.63. The maximum atomic E-state index is 13.3. The Balaban J connectivity index is 2.00. The molecule has 20 heavy (non-hydrogen) atoms. The van der Waals surface area contributed by atoms with Crippen LogP contribution in [0.4, 0.5) is 4.39 Å². The van der Waals surface area contributed by atoms with Gasteiger partial charge in [0.2, 0.25) is 0 Å². The van der Waals surface area contributed by atoms with Gasteiger partial charge in [0, 0.05) is 12.0 Å². The van der Waals surface area contributed by atoms with Crippen molar-refractivity contribution < 1.29 is 9.13 Å². The van der Waals surface area contributed by atoms with E-state index < -0.39 is 0 Å². The Hall–Kier alpha value is -1.88. The number of ether oxygens (including phenoxy) is 1. The van der Waals surface area contributed by atoms with Crippen molar-refractivity contribution in [2.45, 2.75) is 13.0 Å². The molecule has 0 heterocycles. The molecule has 2 aromatic carbocycles.